The minimum atomic E-state index is -0.206. The molecule has 2 aromatic heterocycles. The predicted molar refractivity (Wildman–Crippen MR) is 111 cm³/mol. The van der Waals surface area contributed by atoms with Crippen LogP contribution >= 0.6 is 0 Å². The molecular weight excluding hydrogens is 380 g/mol. The van der Waals surface area contributed by atoms with Gasteiger partial charge in [0.25, 0.3) is 5.82 Å². The van der Waals surface area contributed by atoms with E-state index in [0.717, 1.165) is 27.8 Å². The van der Waals surface area contributed by atoms with Crippen molar-refractivity contribution in [2.75, 3.05) is 13.7 Å². The van der Waals surface area contributed by atoms with Crippen molar-refractivity contribution >= 4 is 16.8 Å². The number of nitriles is 1. The van der Waals surface area contributed by atoms with Gasteiger partial charge >= 0.3 is 0 Å². The molecule has 150 valence electrons. The van der Waals surface area contributed by atoms with Crippen molar-refractivity contribution in [1.82, 2.24) is 25.1 Å². The van der Waals surface area contributed by atoms with Gasteiger partial charge in [-0.05, 0) is 29.3 Å². The van der Waals surface area contributed by atoms with Gasteiger partial charge in [-0.25, -0.2) is 9.67 Å². The third-order valence-corrected chi connectivity index (χ3v) is 4.96. The van der Waals surface area contributed by atoms with Crippen LogP contribution in [0, 0.1) is 11.3 Å². The van der Waals surface area contributed by atoms with Crippen LogP contribution in [0.15, 0.2) is 61.1 Å². The van der Waals surface area contributed by atoms with Crippen LogP contribution in [-0.2, 0) is 11.3 Å². The number of carbonyl (C=O) groups is 1. The normalized spacial score (nSPS) is 11.7. The summed E-state index contributed by atoms with van der Waals surface area (Å²) >= 11 is 0. The van der Waals surface area contributed by atoms with Gasteiger partial charge in [-0.3, -0.25) is 4.79 Å². The van der Waals surface area contributed by atoms with E-state index in [9.17, 15) is 4.79 Å². The van der Waals surface area contributed by atoms with Crippen LogP contribution in [0.3, 0.4) is 0 Å². The number of para-hydroxylation sites is 1. The third kappa shape index (κ3) is 4.00. The molecule has 0 spiro atoms. The van der Waals surface area contributed by atoms with E-state index in [1.807, 2.05) is 54.7 Å². The molecule has 1 amide bonds. The number of methoxy groups -OCH3 is 1. The number of carbonyl (C=O) groups excluding carboxylic acids is 1. The van der Waals surface area contributed by atoms with E-state index in [2.05, 4.69) is 26.4 Å². The first kappa shape index (κ1) is 19.2. The number of rotatable bonds is 7. The summed E-state index contributed by atoms with van der Waals surface area (Å²) in [4.78, 5) is 19.6. The average molecular weight is 400 g/mol. The molecule has 0 aliphatic carbocycles. The number of hydrogen-bond donors (Lipinski definition) is 2. The van der Waals surface area contributed by atoms with E-state index in [0.29, 0.717) is 6.54 Å². The number of nitrogens with zero attached hydrogens (tertiary/aromatic N) is 4. The zero-order valence-electron chi connectivity index (χ0n) is 16.4. The second-order valence-electron chi connectivity index (χ2n) is 6.80. The minimum Gasteiger partial charge on any atom is -0.497 e. The largest absolute Gasteiger partial charge is 0.497 e. The maximum absolute atomic E-state index is 12.5. The number of aromatic amines is 1. The molecule has 0 saturated carbocycles. The summed E-state index contributed by atoms with van der Waals surface area (Å²) in [5.74, 6) is 0.557. The number of benzene rings is 2. The quantitative estimate of drug-likeness (QED) is 0.496. The monoisotopic (exact) mass is 400 g/mol. The number of ether oxygens (including phenoxy) is 1. The van der Waals surface area contributed by atoms with Crippen molar-refractivity contribution < 1.29 is 9.53 Å². The van der Waals surface area contributed by atoms with Crippen LogP contribution < -0.4 is 10.1 Å². The first-order chi connectivity index (χ1) is 14.7. The Morgan fingerprint density at radius 1 is 1.27 bits per heavy atom. The summed E-state index contributed by atoms with van der Waals surface area (Å²) in [5, 5.41) is 16.8. The molecule has 1 atom stereocenters. The molecule has 0 unspecified atom stereocenters. The van der Waals surface area contributed by atoms with Gasteiger partial charge in [0.15, 0.2) is 0 Å². The van der Waals surface area contributed by atoms with Crippen LogP contribution in [0.2, 0.25) is 0 Å². The molecule has 8 heteroatoms. The molecule has 0 bridgehead atoms. The Kier molecular flexibility index (Phi) is 5.44. The molecule has 2 N–H and O–H groups in total. The lowest BCUT2D eigenvalue weighted by atomic mass is 9.91. The maximum Gasteiger partial charge on any atom is 0.252 e. The fraction of sp³-hybridized carbons (Fsp3) is 0.182. The number of H-pyrrole nitrogens is 1. The highest BCUT2D eigenvalue weighted by Gasteiger charge is 2.19. The highest BCUT2D eigenvalue weighted by molar-refractivity contribution is 5.84. The molecule has 2 aromatic carbocycles. The molecule has 0 fully saturated rings. The average Bonchev–Trinajstić information content (AvgIpc) is 3.41. The van der Waals surface area contributed by atoms with Gasteiger partial charge in [0.2, 0.25) is 5.91 Å². The van der Waals surface area contributed by atoms with Crippen LogP contribution in [0.5, 0.6) is 5.75 Å². The van der Waals surface area contributed by atoms with Crippen molar-refractivity contribution in [3.8, 4) is 11.8 Å². The highest BCUT2D eigenvalue weighted by atomic mass is 16.5. The van der Waals surface area contributed by atoms with Gasteiger partial charge in [-0.1, -0.05) is 30.3 Å². The topological polar surface area (TPSA) is 109 Å². The van der Waals surface area contributed by atoms with Gasteiger partial charge in [0.05, 0.1) is 7.11 Å². The fourth-order valence-electron chi connectivity index (χ4n) is 3.47. The zero-order chi connectivity index (χ0) is 20.9. The summed E-state index contributed by atoms with van der Waals surface area (Å²) in [5.41, 5.74) is 3.21. The Morgan fingerprint density at radius 2 is 2.07 bits per heavy atom. The van der Waals surface area contributed by atoms with Crippen molar-refractivity contribution in [3.63, 3.8) is 0 Å². The minimum absolute atomic E-state index is 0.00209. The van der Waals surface area contributed by atoms with Gasteiger partial charge in [-0.15, -0.1) is 5.10 Å². The summed E-state index contributed by atoms with van der Waals surface area (Å²) in [6, 6.07) is 17.8. The maximum atomic E-state index is 12.5. The second-order valence-corrected chi connectivity index (χ2v) is 6.80. The number of nitrogens with one attached hydrogen (secondary N) is 2. The molecule has 2 heterocycles. The number of hydrogen-bond acceptors (Lipinski definition) is 5. The van der Waals surface area contributed by atoms with Crippen molar-refractivity contribution in [1.29, 1.82) is 5.26 Å². The first-order valence-corrected chi connectivity index (χ1v) is 9.44. The number of fused-ring (bicyclic) bond motifs is 1. The summed E-state index contributed by atoms with van der Waals surface area (Å²) in [6.45, 7) is 0.407. The summed E-state index contributed by atoms with van der Waals surface area (Å²) in [6.07, 6.45) is 3.36. The molecule has 0 radical (unpaired) electrons. The molecule has 8 nitrogen and oxygen atoms in total. The molecule has 0 aliphatic rings. The van der Waals surface area contributed by atoms with Gasteiger partial charge in [0.1, 0.15) is 24.7 Å². The predicted octanol–water partition coefficient (Wildman–Crippen LogP) is 2.59. The summed E-state index contributed by atoms with van der Waals surface area (Å²) in [7, 11) is 1.63. The Bertz CT molecular complexity index is 1200. The SMILES string of the molecule is COc1ccc([C@@H](CNC(=O)Cn2cnc(C#N)n2)c2c[nH]c3ccccc23)cc1. The van der Waals surface area contributed by atoms with E-state index in [1.54, 1.807) is 7.11 Å². The van der Waals surface area contributed by atoms with E-state index < -0.39 is 0 Å². The van der Waals surface area contributed by atoms with Crippen LogP contribution in [0.25, 0.3) is 10.9 Å². The van der Waals surface area contributed by atoms with Gasteiger partial charge in [0, 0.05) is 29.6 Å². The van der Waals surface area contributed by atoms with E-state index in [-0.39, 0.29) is 24.2 Å². The van der Waals surface area contributed by atoms with Gasteiger partial charge < -0.3 is 15.0 Å². The second kappa shape index (κ2) is 8.49. The molecule has 30 heavy (non-hydrogen) atoms. The summed E-state index contributed by atoms with van der Waals surface area (Å²) < 4.78 is 6.62. The lowest BCUT2D eigenvalue weighted by molar-refractivity contribution is -0.121. The number of amides is 1. The Balaban J connectivity index is 1.57. The van der Waals surface area contributed by atoms with Crippen molar-refractivity contribution in [2.45, 2.75) is 12.5 Å². The Morgan fingerprint density at radius 3 is 2.80 bits per heavy atom. The zero-order valence-corrected chi connectivity index (χ0v) is 16.4. The fourth-order valence-corrected chi connectivity index (χ4v) is 3.47. The molecule has 4 aromatic rings. The molecule has 4 rings (SSSR count). The van der Waals surface area contributed by atoms with E-state index in [1.165, 1.54) is 11.0 Å². The molecular formula is C22H20N6O2. The standard InChI is InChI=1S/C22H20N6O2/c1-30-16-8-6-15(7-9-16)18(19-12-24-20-5-3-2-4-17(19)20)11-25-22(29)13-28-14-26-21(10-23)27-28/h2-9,12,14,18,24H,11,13H2,1H3,(H,25,29)/t18-/m1/s1. The number of aromatic nitrogens is 4. The highest BCUT2D eigenvalue weighted by Crippen LogP contribution is 2.31. The van der Waals surface area contributed by atoms with E-state index in [4.69, 9.17) is 10.00 Å². The molecule has 0 aliphatic heterocycles. The smallest absolute Gasteiger partial charge is 0.252 e. The van der Waals surface area contributed by atoms with Crippen LogP contribution in [-0.4, -0.2) is 39.3 Å². The lowest BCUT2D eigenvalue weighted by Crippen LogP contribution is -2.32. The lowest BCUT2D eigenvalue weighted by Gasteiger charge is -2.18. The van der Waals surface area contributed by atoms with Crippen molar-refractivity contribution in [3.05, 3.63) is 78.0 Å². The van der Waals surface area contributed by atoms with Gasteiger partial charge in [-0.2, -0.15) is 5.26 Å². The van der Waals surface area contributed by atoms with E-state index >= 15 is 0 Å². The first-order valence-electron chi connectivity index (χ1n) is 9.44. The Hall–Kier alpha value is -4.12. The van der Waals surface area contributed by atoms with Crippen LogP contribution in [0.4, 0.5) is 0 Å². The Labute approximate surface area is 173 Å². The third-order valence-electron chi connectivity index (χ3n) is 4.96. The van der Waals surface area contributed by atoms with Crippen LogP contribution in [0.1, 0.15) is 22.9 Å². The van der Waals surface area contributed by atoms with Crippen molar-refractivity contribution in [2.24, 2.45) is 0 Å². The molecule has 0 saturated heterocycles.